The van der Waals surface area contributed by atoms with E-state index in [4.69, 9.17) is 0 Å². The molecule has 1 aromatic rings. The third-order valence-corrected chi connectivity index (χ3v) is 2.93. The number of sulfone groups is 1. The highest BCUT2D eigenvalue weighted by molar-refractivity contribution is 7.89. The summed E-state index contributed by atoms with van der Waals surface area (Å²) in [5.41, 5.74) is 1.34. The van der Waals surface area contributed by atoms with Gasteiger partial charge in [-0.05, 0) is 11.1 Å². The Hall–Kier alpha value is -1.36. The van der Waals surface area contributed by atoms with E-state index in [1.165, 1.54) is 13.4 Å². The number of hydrogen-bond acceptors (Lipinski definition) is 4. The fourth-order valence-electron chi connectivity index (χ4n) is 1.38. The lowest BCUT2D eigenvalue weighted by atomic mass is 10.1. The van der Waals surface area contributed by atoms with Crippen LogP contribution in [0.25, 0.3) is 0 Å². The maximum absolute atomic E-state index is 11.2. The Morgan fingerprint density at radius 2 is 1.81 bits per heavy atom. The maximum Gasteiger partial charge on any atom is 0.309 e. The zero-order valence-corrected chi connectivity index (χ0v) is 10.1. The van der Waals surface area contributed by atoms with Crippen LogP contribution in [0.5, 0.6) is 0 Å². The zero-order valence-electron chi connectivity index (χ0n) is 9.26. The predicted molar refractivity (Wildman–Crippen MR) is 60.7 cm³/mol. The van der Waals surface area contributed by atoms with E-state index in [0.29, 0.717) is 11.1 Å². The van der Waals surface area contributed by atoms with Crippen molar-refractivity contribution >= 4 is 15.8 Å². The molecule has 0 aliphatic rings. The summed E-state index contributed by atoms with van der Waals surface area (Å²) >= 11 is 0. The Morgan fingerprint density at radius 3 is 2.31 bits per heavy atom. The van der Waals surface area contributed by atoms with E-state index < -0.39 is 9.84 Å². The smallest absolute Gasteiger partial charge is 0.309 e. The largest absolute Gasteiger partial charge is 0.469 e. The SMILES string of the molecule is COC(=O)Cc1ccccc1CS(C)(=O)=O. The number of carbonyl (C=O) groups excluding carboxylic acids is 1. The van der Waals surface area contributed by atoms with Crippen molar-refractivity contribution in [2.45, 2.75) is 12.2 Å². The molecule has 88 valence electrons. The van der Waals surface area contributed by atoms with Crippen molar-refractivity contribution < 1.29 is 17.9 Å². The molecule has 4 nitrogen and oxygen atoms in total. The van der Waals surface area contributed by atoms with Crippen LogP contribution in [0, 0.1) is 0 Å². The third-order valence-electron chi connectivity index (χ3n) is 2.10. The molecular weight excluding hydrogens is 228 g/mol. The average molecular weight is 242 g/mol. The van der Waals surface area contributed by atoms with E-state index in [0.717, 1.165) is 0 Å². The van der Waals surface area contributed by atoms with Gasteiger partial charge in [-0.2, -0.15) is 0 Å². The van der Waals surface area contributed by atoms with Crippen LogP contribution < -0.4 is 0 Å². The Labute approximate surface area is 95.2 Å². The second kappa shape index (κ2) is 5.12. The number of carbonyl (C=O) groups is 1. The summed E-state index contributed by atoms with van der Waals surface area (Å²) in [6.45, 7) is 0. The summed E-state index contributed by atoms with van der Waals surface area (Å²) < 4.78 is 26.9. The highest BCUT2D eigenvalue weighted by atomic mass is 32.2. The molecule has 0 saturated carbocycles. The molecule has 0 aliphatic carbocycles. The van der Waals surface area contributed by atoms with Crippen molar-refractivity contribution in [2.75, 3.05) is 13.4 Å². The summed E-state index contributed by atoms with van der Waals surface area (Å²) in [6.07, 6.45) is 1.27. The number of esters is 1. The molecule has 0 unspecified atom stereocenters. The molecule has 0 radical (unpaired) electrons. The quantitative estimate of drug-likeness (QED) is 0.737. The lowest BCUT2D eigenvalue weighted by Gasteiger charge is -2.07. The topological polar surface area (TPSA) is 60.4 Å². The van der Waals surface area contributed by atoms with E-state index in [9.17, 15) is 13.2 Å². The van der Waals surface area contributed by atoms with Crippen LogP contribution in [0.3, 0.4) is 0 Å². The predicted octanol–water partition coefficient (Wildman–Crippen LogP) is 0.947. The molecular formula is C11H14O4S. The van der Waals surface area contributed by atoms with Crippen LogP contribution in [0.15, 0.2) is 24.3 Å². The second-order valence-corrected chi connectivity index (χ2v) is 5.73. The summed E-state index contributed by atoms with van der Waals surface area (Å²) in [5.74, 6) is -0.430. The highest BCUT2D eigenvalue weighted by Gasteiger charge is 2.11. The van der Waals surface area contributed by atoms with Gasteiger partial charge in [0.2, 0.25) is 0 Å². The number of rotatable bonds is 4. The third kappa shape index (κ3) is 4.02. The standard InChI is InChI=1S/C11H14O4S/c1-15-11(12)7-9-5-3-4-6-10(9)8-16(2,13)14/h3-6H,7-8H2,1-2H3. The first-order valence-electron chi connectivity index (χ1n) is 4.73. The lowest BCUT2D eigenvalue weighted by molar-refractivity contribution is -0.139. The monoisotopic (exact) mass is 242 g/mol. The summed E-state index contributed by atoms with van der Waals surface area (Å²) in [7, 11) is -1.79. The van der Waals surface area contributed by atoms with Crippen LogP contribution in [-0.4, -0.2) is 27.8 Å². The number of benzene rings is 1. The number of ether oxygens (including phenoxy) is 1. The van der Waals surface area contributed by atoms with Gasteiger partial charge in [0.05, 0.1) is 19.3 Å². The number of hydrogen-bond donors (Lipinski definition) is 0. The minimum atomic E-state index is -3.09. The summed E-state index contributed by atoms with van der Waals surface area (Å²) in [5, 5.41) is 0. The second-order valence-electron chi connectivity index (χ2n) is 3.59. The van der Waals surface area contributed by atoms with E-state index in [1.54, 1.807) is 24.3 Å². The molecule has 0 aromatic heterocycles. The molecule has 0 fully saturated rings. The van der Waals surface area contributed by atoms with Gasteiger partial charge in [0.15, 0.2) is 9.84 Å². The first-order chi connectivity index (χ1) is 7.42. The zero-order chi connectivity index (χ0) is 12.2. The molecule has 0 amide bonds. The molecule has 0 bridgehead atoms. The van der Waals surface area contributed by atoms with Crippen LogP contribution in [-0.2, 0) is 31.5 Å². The highest BCUT2D eigenvalue weighted by Crippen LogP contribution is 2.13. The molecule has 1 aromatic carbocycles. The molecule has 0 saturated heterocycles. The van der Waals surface area contributed by atoms with Gasteiger partial charge in [-0.3, -0.25) is 4.79 Å². The minimum absolute atomic E-state index is 0.0554. The van der Waals surface area contributed by atoms with Crippen molar-refractivity contribution in [3.05, 3.63) is 35.4 Å². The molecule has 0 N–H and O–H groups in total. The van der Waals surface area contributed by atoms with Gasteiger partial charge in [-0.15, -0.1) is 0 Å². The van der Waals surface area contributed by atoms with Crippen molar-refractivity contribution in [2.24, 2.45) is 0 Å². The summed E-state index contributed by atoms with van der Waals surface area (Å²) in [6, 6.07) is 6.96. The minimum Gasteiger partial charge on any atom is -0.469 e. The van der Waals surface area contributed by atoms with E-state index in [1.807, 2.05) is 0 Å². The molecule has 16 heavy (non-hydrogen) atoms. The summed E-state index contributed by atoms with van der Waals surface area (Å²) in [4.78, 5) is 11.1. The van der Waals surface area contributed by atoms with Crippen LogP contribution in [0.1, 0.15) is 11.1 Å². The van der Waals surface area contributed by atoms with Gasteiger partial charge in [0, 0.05) is 6.26 Å². The Morgan fingerprint density at radius 1 is 1.25 bits per heavy atom. The van der Waals surface area contributed by atoms with Gasteiger partial charge in [0.25, 0.3) is 0 Å². The van der Waals surface area contributed by atoms with Crippen LogP contribution >= 0.6 is 0 Å². The molecule has 0 heterocycles. The first kappa shape index (κ1) is 12.7. The lowest BCUT2D eigenvalue weighted by Crippen LogP contribution is -2.09. The van der Waals surface area contributed by atoms with Crippen molar-refractivity contribution in [3.8, 4) is 0 Å². The molecule has 0 aliphatic heterocycles. The van der Waals surface area contributed by atoms with Gasteiger partial charge < -0.3 is 4.74 Å². The molecule has 1 rings (SSSR count). The van der Waals surface area contributed by atoms with Gasteiger partial charge >= 0.3 is 5.97 Å². The molecule has 0 spiro atoms. The fourth-order valence-corrected chi connectivity index (χ4v) is 2.23. The van der Waals surface area contributed by atoms with Crippen LogP contribution in [0.2, 0.25) is 0 Å². The van der Waals surface area contributed by atoms with Gasteiger partial charge in [-0.25, -0.2) is 8.42 Å². The Bertz CT molecular complexity index is 477. The Balaban J connectivity index is 2.96. The van der Waals surface area contributed by atoms with Gasteiger partial charge in [0.1, 0.15) is 0 Å². The van der Waals surface area contributed by atoms with E-state index >= 15 is 0 Å². The van der Waals surface area contributed by atoms with Gasteiger partial charge in [-0.1, -0.05) is 24.3 Å². The van der Waals surface area contributed by atoms with Crippen molar-refractivity contribution in [1.29, 1.82) is 0 Å². The van der Waals surface area contributed by atoms with Crippen LogP contribution in [0.4, 0.5) is 0 Å². The number of methoxy groups -OCH3 is 1. The molecule has 5 heteroatoms. The molecule has 0 atom stereocenters. The van der Waals surface area contributed by atoms with E-state index in [-0.39, 0.29) is 18.1 Å². The first-order valence-corrected chi connectivity index (χ1v) is 6.80. The average Bonchev–Trinajstić information content (AvgIpc) is 2.18. The Kier molecular flexibility index (Phi) is 4.06. The van der Waals surface area contributed by atoms with E-state index in [2.05, 4.69) is 4.74 Å². The fraction of sp³-hybridized carbons (Fsp3) is 0.364. The van der Waals surface area contributed by atoms with Crippen molar-refractivity contribution in [1.82, 2.24) is 0 Å². The normalized spacial score (nSPS) is 11.1. The maximum atomic E-state index is 11.2. The van der Waals surface area contributed by atoms with Crippen molar-refractivity contribution in [3.63, 3.8) is 0 Å².